The summed E-state index contributed by atoms with van der Waals surface area (Å²) in [7, 11) is 0. The lowest BCUT2D eigenvalue weighted by Gasteiger charge is -2.13. The first-order valence-electron chi connectivity index (χ1n) is 8.40. The number of rotatable bonds is 7. The first kappa shape index (κ1) is 19.9. The van der Waals surface area contributed by atoms with E-state index in [9.17, 15) is 14.9 Å². The van der Waals surface area contributed by atoms with Crippen LogP contribution >= 0.6 is 23.4 Å². The molecule has 1 N–H and O–H groups in total. The summed E-state index contributed by atoms with van der Waals surface area (Å²) in [6.45, 7) is 2.25. The minimum Gasteiger partial charge on any atom is -0.313 e. The van der Waals surface area contributed by atoms with Crippen molar-refractivity contribution in [3.8, 4) is 0 Å². The molecular formula is C19H17ClN4O3S. The standard InChI is InChI=1S/C19H17ClN4O3S/c1-13(28-16-8-6-15(7-9-16)24(26)27)18(25)22-19-21-10-11-23(19)12-14-4-2-3-5-17(14)20/h2-11,13H,12H2,1H3,(H,21,22,25). The third kappa shape index (κ3) is 4.90. The number of hydrogen-bond donors (Lipinski definition) is 1. The fourth-order valence-electron chi connectivity index (χ4n) is 2.49. The van der Waals surface area contributed by atoms with Crippen LogP contribution in [-0.4, -0.2) is 25.6 Å². The van der Waals surface area contributed by atoms with E-state index in [1.807, 2.05) is 28.8 Å². The van der Waals surface area contributed by atoms with Crippen LogP contribution in [0.5, 0.6) is 0 Å². The smallest absolute Gasteiger partial charge is 0.269 e. The van der Waals surface area contributed by atoms with E-state index in [2.05, 4.69) is 10.3 Å². The summed E-state index contributed by atoms with van der Waals surface area (Å²) < 4.78 is 1.81. The summed E-state index contributed by atoms with van der Waals surface area (Å²) in [6, 6.07) is 13.6. The molecule has 3 aromatic rings. The van der Waals surface area contributed by atoms with E-state index in [1.54, 1.807) is 31.5 Å². The van der Waals surface area contributed by atoms with Gasteiger partial charge in [0.05, 0.1) is 16.7 Å². The molecule has 0 aliphatic heterocycles. The van der Waals surface area contributed by atoms with Crippen LogP contribution in [0.3, 0.4) is 0 Å². The molecule has 2 aromatic carbocycles. The number of aromatic nitrogens is 2. The Bertz CT molecular complexity index is 991. The van der Waals surface area contributed by atoms with Crippen LogP contribution in [0.15, 0.2) is 65.8 Å². The molecule has 0 fully saturated rings. The van der Waals surface area contributed by atoms with Crippen LogP contribution in [-0.2, 0) is 11.3 Å². The molecule has 28 heavy (non-hydrogen) atoms. The number of anilines is 1. The lowest BCUT2D eigenvalue weighted by molar-refractivity contribution is -0.384. The molecule has 0 saturated carbocycles. The molecule has 1 heterocycles. The number of halogens is 1. The molecule has 7 nitrogen and oxygen atoms in total. The molecule has 0 saturated heterocycles. The molecule has 9 heteroatoms. The third-order valence-electron chi connectivity index (χ3n) is 3.98. The summed E-state index contributed by atoms with van der Waals surface area (Å²) in [5.41, 5.74) is 0.939. The number of amides is 1. The van der Waals surface area contributed by atoms with Crippen LogP contribution in [0, 0.1) is 10.1 Å². The van der Waals surface area contributed by atoms with E-state index < -0.39 is 10.2 Å². The zero-order valence-electron chi connectivity index (χ0n) is 14.9. The second-order valence-corrected chi connectivity index (χ2v) is 7.79. The molecule has 0 spiro atoms. The van der Waals surface area contributed by atoms with Crippen molar-refractivity contribution in [2.24, 2.45) is 0 Å². The number of non-ortho nitro benzene ring substituents is 1. The van der Waals surface area contributed by atoms with Crippen LogP contribution in [0.2, 0.25) is 5.02 Å². The van der Waals surface area contributed by atoms with Crippen LogP contribution < -0.4 is 5.32 Å². The van der Waals surface area contributed by atoms with Crippen molar-refractivity contribution in [2.45, 2.75) is 23.6 Å². The van der Waals surface area contributed by atoms with Gasteiger partial charge in [0.25, 0.3) is 5.69 Å². The van der Waals surface area contributed by atoms with Crippen LogP contribution in [0.4, 0.5) is 11.6 Å². The number of nitrogens with zero attached hydrogens (tertiary/aromatic N) is 3. The van der Waals surface area contributed by atoms with Gasteiger partial charge in [-0.25, -0.2) is 4.98 Å². The topological polar surface area (TPSA) is 90.1 Å². The van der Waals surface area contributed by atoms with Crippen molar-refractivity contribution in [3.05, 3.63) is 81.6 Å². The fourth-order valence-corrected chi connectivity index (χ4v) is 3.55. The van der Waals surface area contributed by atoms with Gasteiger partial charge in [-0.2, -0.15) is 0 Å². The Morgan fingerprint density at radius 2 is 2.00 bits per heavy atom. The predicted octanol–water partition coefficient (Wildman–Crippen LogP) is 4.61. The summed E-state index contributed by atoms with van der Waals surface area (Å²) in [5, 5.41) is 13.8. The average molecular weight is 417 g/mol. The second kappa shape index (κ2) is 8.90. The number of nitrogens with one attached hydrogen (secondary N) is 1. The zero-order chi connectivity index (χ0) is 20.1. The van der Waals surface area contributed by atoms with E-state index in [1.165, 1.54) is 23.9 Å². The molecule has 1 aromatic heterocycles. The minimum absolute atomic E-state index is 0.0167. The van der Waals surface area contributed by atoms with E-state index in [0.29, 0.717) is 17.5 Å². The quantitative estimate of drug-likeness (QED) is 0.345. The van der Waals surface area contributed by atoms with E-state index >= 15 is 0 Å². The highest BCUT2D eigenvalue weighted by Gasteiger charge is 2.17. The van der Waals surface area contributed by atoms with Crippen molar-refractivity contribution >= 4 is 40.9 Å². The first-order valence-corrected chi connectivity index (χ1v) is 9.66. The third-order valence-corrected chi connectivity index (χ3v) is 5.46. The van der Waals surface area contributed by atoms with Gasteiger partial charge in [0, 0.05) is 34.4 Å². The summed E-state index contributed by atoms with van der Waals surface area (Å²) in [5.74, 6) is 0.219. The molecule has 1 atom stereocenters. The highest BCUT2D eigenvalue weighted by atomic mass is 35.5. The zero-order valence-corrected chi connectivity index (χ0v) is 16.5. The molecule has 0 aliphatic rings. The van der Waals surface area contributed by atoms with Gasteiger partial charge in [-0.1, -0.05) is 29.8 Å². The van der Waals surface area contributed by atoms with Gasteiger partial charge in [-0.15, -0.1) is 11.8 Å². The Kier molecular flexibility index (Phi) is 6.33. The Morgan fingerprint density at radius 3 is 2.68 bits per heavy atom. The van der Waals surface area contributed by atoms with E-state index in [4.69, 9.17) is 11.6 Å². The second-order valence-electron chi connectivity index (χ2n) is 5.97. The number of imidazole rings is 1. The first-order chi connectivity index (χ1) is 13.4. The van der Waals surface area contributed by atoms with Crippen molar-refractivity contribution in [3.63, 3.8) is 0 Å². The fraction of sp³-hybridized carbons (Fsp3) is 0.158. The summed E-state index contributed by atoms with van der Waals surface area (Å²) >= 11 is 7.52. The lowest BCUT2D eigenvalue weighted by Crippen LogP contribution is -2.24. The van der Waals surface area contributed by atoms with Gasteiger partial charge >= 0.3 is 0 Å². The Balaban J connectivity index is 1.64. The SMILES string of the molecule is CC(Sc1ccc([N+](=O)[O-])cc1)C(=O)Nc1nccn1Cc1ccccc1Cl. The van der Waals surface area contributed by atoms with Gasteiger partial charge in [-0.05, 0) is 30.7 Å². The molecule has 1 unspecified atom stereocenters. The molecule has 0 bridgehead atoms. The number of thioether (sulfide) groups is 1. The van der Waals surface area contributed by atoms with Gasteiger partial charge in [0.1, 0.15) is 0 Å². The summed E-state index contributed by atoms with van der Waals surface area (Å²) in [4.78, 5) is 27.8. The Morgan fingerprint density at radius 1 is 1.29 bits per heavy atom. The number of benzene rings is 2. The predicted molar refractivity (Wildman–Crippen MR) is 110 cm³/mol. The maximum atomic E-state index is 12.5. The lowest BCUT2D eigenvalue weighted by atomic mass is 10.2. The number of hydrogen-bond acceptors (Lipinski definition) is 5. The van der Waals surface area contributed by atoms with Gasteiger partial charge in [0.15, 0.2) is 0 Å². The maximum absolute atomic E-state index is 12.5. The number of carbonyl (C=O) groups is 1. The van der Waals surface area contributed by atoms with Gasteiger partial charge in [0.2, 0.25) is 11.9 Å². The molecule has 0 radical (unpaired) electrons. The summed E-state index contributed by atoms with van der Waals surface area (Å²) in [6.07, 6.45) is 3.38. The van der Waals surface area contributed by atoms with Crippen molar-refractivity contribution in [2.75, 3.05) is 5.32 Å². The van der Waals surface area contributed by atoms with Crippen molar-refractivity contribution in [1.82, 2.24) is 9.55 Å². The number of carbonyl (C=O) groups excluding carboxylic acids is 1. The minimum atomic E-state index is -0.455. The maximum Gasteiger partial charge on any atom is 0.269 e. The average Bonchev–Trinajstić information content (AvgIpc) is 3.10. The Labute approximate surface area is 170 Å². The normalized spacial score (nSPS) is 11.8. The molecule has 144 valence electrons. The number of nitro groups is 1. The largest absolute Gasteiger partial charge is 0.313 e. The van der Waals surface area contributed by atoms with Crippen molar-refractivity contribution < 1.29 is 9.72 Å². The Hall–Kier alpha value is -2.84. The molecule has 3 rings (SSSR count). The van der Waals surface area contributed by atoms with E-state index in [-0.39, 0.29) is 11.6 Å². The highest BCUT2D eigenvalue weighted by molar-refractivity contribution is 8.00. The van der Waals surface area contributed by atoms with Crippen molar-refractivity contribution in [1.29, 1.82) is 0 Å². The monoisotopic (exact) mass is 416 g/mol. The van der Waals surface area contributed by atoms with Gasteiger partial charge < -0.3 is 4.57 Å². The molecular weight excluding hydrogens is 400 g/mol. The molecule has 0 aliphatic carbocycles. The van der Waals surface area contributed by atoms with E-state index in [0.717, 1.165) is 10.5 Å². The van der Waals surface area contributed by atoms with Crippen LogP contribution in [0.1, 0.15) is 12.5 Å². The highest BCUT2D eigenvalue weighted by Crippen LogP contribution is 2.26. The van der Waals surface area contributed by atoms with Crippen LogP contribution in [0.25, 0.3) is 0 Å². The number of nitro benzene ring substituents is 1. The molecule has 1 amide bonds. The van der Waals surface area contributed by atoms with Gasteiger partial charge in [-0.3, -0.25) is 20.2 Å².